The van der Waals surface area contributed by atoms with E-state index in [4.69, 9.17) is 5.73 Å². The molecule has 0 spiro atoms. The van der Waals surface area contributed by atoms with Gasteiger partial charge in [0.15, 0.2) is 0 Å². The van der Waals surface area contributed by atoms with Crippen molar-refractivity contribution in [2.75, 3.05) is 0 Å². The number of likely N-dealkylation sites (tertiary alicyclic amines) is 1. The molecular formula is C13H22N4O. The average Bonchev–Trinajstić information content (AvgIpc) is 2.65. The van der Waals surface area contributed by atoms with Gasteiger partial charge in [0.2, 0.25) is 5.91 Å². The predicted octanol–water partition coefficient (Wildman–Crippen LogP) is 1.21. The molecule has 1 aliphatic heterocycles. The quantitative estimate of drug-likeness (QED) is 0.814. The SMILES string of the molecule is Cn1cncc1C1C(N)CCC(=O)N1C(C)(C)C. The van der Waals surface area contributed by atoms with Crippen LogP contribution >= 0.6 is 0 Å². The predicted molar refractivity (Wildman–Crippen MR) is 69.8 cm³/mol. The first-order valence-electron chi connectivity index (χ1n) is 6.36. The van der Waals surface area contributed by atoms with Crippen LogP contribution in [0.1, 0.15) is 45.3 Å². The summed E-state index contributed by atoms with van der Waals surface area (Å²) in [6.45, 7) is 6.14. The zero-order chi connectivity index (χ0) is 13.5. The number of aryl methyl sites for hydroxylation is 1. The van der Waals surface area contributed by atoms with Crippen molar-refractivity contribution in [1.82, 2.24) is 14.5 Å². The van der Waals surface area contributed by atoms with Gasteiger partial charge in [-0.1, -0.05) is 0 Å². The summed E-state index contributed by atoms with van der Waals surface area (Å²) in [5.74, 6) is 0.176. The molecule has 1 fully saturated rings. The second-order valence-corrected chi connectivity index (χ2v) is 6.01. The zero-order valence-electron chi connectivity index (χ0n) is 11.6. The minimum atomic E-state index is -0.232. The van der Waals surface area contributed by atoms with Crippen molar-refractivity contribution in [3.8, 4) is 0 Å². The van der Waals surface area contributed by atoms with Gasteiger partial charge in [0.1, 0.15) is 0 Å². The summed E-state index contributed by atoms with van der Waals surface area (Å²) in [6.07, 6.45) is 4.83. The molecule has 0 aromatic carbocycles. The van der Waals surface area contributed by atoms with Crippen molar-refractivity contribution >= 4 is 5.91 Å². The van der Waals surface area contributed by atoms with Crippen molar-refractivity contribution in [2.24, 2.45) is 12.8 Å². The smallest absolute Gasteiger partial charge is 0.223 e. The molecule has 2 rings (SSSR count). The van der Waals surface area contributed by atoms with E-state index in [2.05, 4.69) is 4.98 Å². The number of carbonyl (C=O) groups is 1. The van der Waals surface area contributed by atoms with Gasteiger partial charge >= 0.3 is 0 Å². The van der Waals surface area contributed by atoms with E-state index in [9.17, 15) is 4.79 Å². The van der Waals surface area contributed by atoms with Gasteiger partial charge in [0.25, 0.3) is 0 Å². The lowest BCUT2D eigenvalue weighted by atomic mass is 9.89. The summed E-state index contributed by atoms with van der Waals surface area (Å²) in [5, 5.41) is 0. The van der Waals surface area contributed by atoms with E-state index in [0.717, 1.165) is 12.1 Å². The molecule has 0 radical (unpaired) electrons. The Balaban J connectivity index is 2.45. The molecule has 2 N–H and O–H groups in total. The molecule has 1 aromatic heterocycles. The van der Waals surface area contributed by atoms with Crippen LogP contribution in [-0.2, 0) is 11.8 Å². The lowest BCUT2D eigenvalue weighted by molar-refractivity contribution is -0.144. The van der Waals surface area contributed by atoms with Crippen LogP contribution in [0.25, 0.3) is 0 Å². The summed E-state index contributed by atoms with van der Waals surface area (Å²) < 4.78 is 1.95. The van der Waals surface area contributed by atoms with Gasteiger partial charge in [-0.15, -0.1) is 0 Å². The van der Waals surface area contributed by atoms with Gasteiger partial charge in [-0.05, 0) is 27.2 Å². The number of nitrogens with two attached hydrogens (primary N) is 1. The van der Waals surface area contributed by atoms with Crippen LogP contribution < -0.4 is 5.73 Å². The largest absolute Gasteiger partial charge is 0.336 e. The van der Waals surface area contributed by atoms with Gasteiger partial charge in [0, 0.05) is 25.0 Å². The van der Waals surface area contributed by atoms with Crippen molar-refractivity contribution in [3.05, 3.63) is 18.2 Å². The van der Waals surface area contributed by atoms with Crippen LogP contribution in [0.15, 0.2) is 12.5 Å². The van der Waals surface area contributed by atoms with Crippen LogP contribution in [0, 0.1) is 0 Å². The number of carbonyl (C=O) groups excluding carboxylic acids is 1. The fourth-order valence-electron chi connectivity index (χ4n) is 2.71. The molecule has 2 atom stereocenters. The Hall–Kier alpha value is -1.36. The number of hydrogen-bond acceptors (Lipinski definition) is 3. The van der Waals surface area contributed by atoms with Crippen molar-refractivity contribution in [2.45, 2.75) is 51.2 Å². The highest BCUT2D eigenvalue weighted by Crippen LogP contribution is 2.35. The fourth-order valence-corrected chi connectivity index (χ4v) is 2.71. The molecular weight excluding hydrogens is 228 g/mol. The van der Waals surface area contributed by atoms with Crippen molar-refractivity contribution < 1.29 is 4.79 Å². The Kier molecular flexibility index (Phi) is 3.19. The highest BCUT2D eigenvalue weighted by molar-refractivity contribution is 5.78. The first-order valence-corrected chi connectivity index (χ1v) is 6.36. The van der Waals surface area contributed by atoms with Crippen molar-refractivity contribution in [1.29, 1.82) is 0 Å². The number of piperidine rings is 1. The van der Waals surface area contributed by atoms with Crippen molar-refractivity contribution in [3.63, 3.8) is 0 Å². The molecule has 1 saturated heterocycles. The Bertz CT molecular complexity index is 446. The van der Waals surface area contributed by atoms with Gasteiger partial charge in [0.05, 0.1) is 24.3 Å². The maximum atomic E-state index is 12.2. The maximum absolute atomic E-state index is 12.2. The van der Waals surface area contributed by atoms with Crippen LogP contribution in [0.5, 0.6) is 0 Å². The summed E-state index contributed by atoms with van der Waals surface area (Å²) in [7, 11) is 1.94. The first kappa shape index (κ1) is 13.1. The lowest BCUT2D eigenvalue weighted by Crippen LogP contribution is -2.56. The highest BCUT2D eigenvalue weighted by Gasteiger charge is 2.41. The molecule has 1 aromatic rings. The third kappa shape index (κ3) is 2.14. The summed E-state index contributed by atoms with van der Waals surface area (Å²) in [4.78, 5) is 18.3. The number of rotatable bonds is 1. The number of hydrogen-bond donors (Lipinski definition) is 1. The summed E-state index contributed by atoms with van der Waals surface area (Å²) in [5.41, 5.74) is 7.03. The number of amides is 1. The number of aromatic nitrogens is 2. The van der Waals surface area contributed by atoms with E-state index in [1.165, 1.54) is 0 Å². The van der Waals surface area contributed by atoms with Crippen LogP contribution in [0.2, 0.25) is 0 Å². The summed E-state index contributed by atoms with van der Waals surface area (Å²) in [6, 6.07) is -0.115. The first-order chi connectivity index (χ1) is 8.32. The standard InChI is InChI=1S/C13H22N4O/c1-13(2,3)17-11(18)6-5-9(14)12(17)10-7-15-8-16(10)4/h7-9,12H,5-6,14H2,1-4H3. The summed E-state index contributed by atoms with van der Waals surface area (Å²) >= 11 is 0. The Labute approximate surface area is 108 Å². The Morgan fingerprint density at radius 2 is 2.11 bits per heavy atom. The highest BCUT2D eigenvalue weighted by atomic mass is 16.2. The van der Waals surface area contributed by atoms with Crippen LogP contribution in [-0.4, -0.2) is 31.9 Å². The molecule has 100 valence electrons. The maximum Gasteiger partial charge on any atom is 0.223 e. The van der Waals surface area contributed by atoms with Gasteiger partial charge < -0.3 is 15.2 Å². The molecule has 2 heterocycles. The van der Waals surface area contributed by atoms with Gasteiger partial charge in [-0.3, -0.25) is 4.79 Å². The van der Waals surface area contributed by atoms with Gasteiger partial charge in [-0.2, -0.15) is 0 Å². The number of imidazole rings is 1. The third-order valence-electron chi connectivity index (χ3n) is 3.52. The normalized spacial score (nSPS) is 25.6. The molecule has 2 unspecified atom stereocenters. The van der Waals surface area contributed by atoms with Gasteiger partial charge in [-0.25, -0.2) is 4.98 Å². The zero-order valence-corrected chi connectivity index (χ0v) is 11.6. The Morgan fingerprint density at radius 3 is 2.61 bits per heavy atom. The molecule has 0 saturated carbocycles. The van der Waals surface area contributed by atoms with E-state index in [0.29, 0.717) is 6.42 Å². The molecule has 18 heavy (non-hydrogen) atoms. The average molecular weight is 250 g/mol. The monoisotopic (exact) mass is 250 g/mol. The fraction of sp³-hybridized carbons (Fsp3) is 0.692. The minimum absolute atomic E-state index is 0.0303. The van der Waals surface area contributed by atoms with E-state index in [1.54, 1.807) is 6.33 Å². The molecule has 1 aliphatic rings. The molecule has 1 amide bonds. The molecule has 5 heteroatoms. The molecule has 0 aliphatic carbocycles. The van der Waals surface area contributed by atoms with E-state index in [1.807, 2.05) is 43.5 Å². The second-order valence-electron chi connectivity index (χ2n) is 6.01. The van der Waals surface area contributed by atoms with E-state index >= 15 is 0 Å². The van der Waals surface area contributed by atoms with Crippen LogP contribution in [0.3, 0.4) is 0 Å². The van der Waals surface area contributed by atoms with E-state index in [-0.39, 0.29) is 23.5 Å². The Morgan fingerprint density at radius 1 is 1.44 bits per heavy atom. The van der Waals surface area contributed by atoms with E-state index < -0.39 is 0 Å². The third-order valence-corrected chi connectivity index (χ3v) is 3.52. The molecule has 0 bridgehead atoms. The minimum Gasteiger partial charge on any atom is -0.336 e. The van der Waals surface area contributed by atoms with Crippen LogP contribution in [0.4, 0.5) is 0 Å². The number of nitrogens with zero attached hydrogens (tertiary/aromatic N) is 3. The topological polar surface area (TPSA) is 64.2 Å². The molecule has 5 nitrogen and oxygen atoms in total. The lowest BCUT2D eigenvalue weighted by Gasteiger charge is -2.47. The second kappa shape index (κ2) is 4.39.